The number of dihydropyridines is 1. The van der Waals surface area contributed by atoms with E-state index in [0.717, 1.165) is 67.5 Å². The number of unbranched alkanes of at least 4 members (excludes halogenated alkanes) is 3. The number of aliphatic hydroxyl groups excluding tert-OH is 2. The number of benzene rings is 2. The largest absolute Gasteiger partial charge is 0.508 e. The number of carboxylic acid groups (broad SMARTS) is 1. The van der Waals surface area contributed by atoms with Crippen molar-refractivity contribution in [2.75, 3.05) is 6.54 Å². The van der Waals surface area contributed by atoms with Gasteiger partial charge in [-0.15, -0.1) is 0 Å². The first-order chi connectivity index (χ1) is 30.9. The lowest BCUT2D eigenvalue weighted by Crippen LogP contribution is -2.52. The summed E-state index contributed by atoms with van der Waals surface area (Å²) in [5.74, 6) is -1.50. The van der Waals surface area contributed by atoms with Gasteiger partial charge in [-0.25, -0.2) is 0 Å². The van der Waals surface area contributed by atoms with Crippen LogP contribution in [0.5, 0.6) is 11.5 Å². The van der Waals surface area contributed by atoms with Crippen molar-refractivity contribution in [3.63, 3.8) is 0 Å². The zero-order chi connectivity index (χ0) is 45.0. The van der Waals surface area contributed by atoms with Crippen LogP contribution < -0.4 is 11.1 Å². The lowest BCUT2D eigenvalue weighted by molar-refractivity contribution is -0.158. The SMILES string of the molecule is CCCCC[C@@H]1C=C[C@@H](CCCC[C@H]2CC[C@@H](c3ccc(-c4cc(O)cc(O)c4Cc4ccccc4)[nH]3)[C@@H]3C[C@@H](CC4=CCNC(N)=C4)[C@H]4CC[C@H](C[C@]43O)[C@H](O)[C@@H]2C(=O)O)[C@H](O)C1. The molecule has 1 aromatic heterocycles. The minimum atomic E-state index is -1.12. The molecular weight excluding hydrogens is 803 g/mol. The Morgan fingerprint density at radius 1 is 0.875 bits per heavy atom. The van der Waals surface area contributed by atoms with Crippen molar-refractivity contribution < 1.29 is 35.4 Å². The van der Waals surface area contributed by atoms with Crippen molar-refractivity contribution in [1.29, 1.82) is 0 Å². The number of nitrogens with one attached hydrogen (secondary N) is 2. The molecule has 12 atom stereocenters. The second-order valence-corrected chi connectivity index (χ2v) is 20.4. The molecule has 64 heavy (non-hydrogen) atoms. The van der Waals surface area contributed by atoms with E-state index in [0.29, 0.717) is 74.4 Å². The average Bonchev–Trinajstić information content (AvgIpc) is 3.86. The number of carboxylic acids is 1. The van der Waals surface area contributed by atoms with Gasteiger partial charge in [0.05, 0.1) is 29.5 Å². The summed E-state index contributed by atoms with van der Waals surface area (Å²) in [5.41, 5.74) is 10.4. The Morgan fingerprint density at radius 2 is 1.67 bits per heavy atom. The third-order valence-corrected chi connectivity index (χ3v) is 16.4. The number of phenolic OH excluding ortho intramolecular Hbond substituents is 2. The van der Waals surface area contributed by atoms with Crippen LogP contribution in [0.4, 0.5) is 0 Å². The first-order valence-electron chi connectivity index (χ1n) is 24.6. The number of aromatic hydroxyl groups is 2. The maximum atomic E-state index is 13.4. The van der Waals surface area contributed by atoms with Crippen LogP contribution in [0.1, 0.15) is 132 Å². The Balaban J connectivity index is 1.09. The average molecular weight is 876 g/mol. The quantitative estimate of drug-likeness (QED) is 0.0498. The molecule has 10 N–H and O–H groups in total. The van der Waals surface area contributed by atoms with Gasteiger partial charge in [0.25, 0.3) is 0 Å². The number of carbonyl (C=O) groups is 1. The highest BCUT2D eigenvalue weighted by Gasteiger charge is 2.60. The molecule has 3 aromatic rings. The zero-order valence-electron chi connectivity index (χ0n) is 37.8. The van der Waals surface area contributed by atoms with Crippen LogP contribution in [0.25, 0.3) is 11.3 Å². The second kappa shape index (κ2) is 20.3. The van der Waals surface area contributed by atoms with E-state index in [4.69, 9.17) is 5.73 Å². The number of H-pyrrole nitrogens is 1. The molecule has 10 heteroatoms. The van der Waals surface area contributed by atoms with Gasteiger partial charge in [-0.2, -0.15) is 0 Å². The summed E-state index contributed by atoms with van der Waals surface area (Å²) >= 11 is 0. The Hall–Kier alpha value is -4.51. The van der Waals surface area contributed by atoms with Gasteiger partial charge in [-0.05, 0) is 142 Å². The lowest BCUT2D eigenvalue weighted by atomic mass is 9.60. The van der Waals surface area contributed by atoms with Crippen molar-refractivity contribution in [1.82, 2.24) is 10.3 Å². The van der Waals surface area contributed by atoms with E-state index in [1.807, 2.05) is 42.5 Å². The molecule has 3 fully saturated rings. The molecule has 2 heterocycles. The van der Waals surface area contributed by atoms with Gasteiger partial charge in [-0.1, -0.05) is 87.6 Å². The van der Waals surface area contributed by atoms with Crippen molar-refractivity contribution in [2.45, 2.75) is 140 Å². The van der Waals surface area contributed by atoms with Gasteiger partial charge in [0.1, 0.15) is 11.5 Å². The van der Waals surface area contributed by atoms with Crippen LogP contribution in [-0.4, -0.2) is 65.9 Å². The minimum absolute atomic E-state index is 0.0152. The van der Waals surface area contributed by atoms with E-state index in [2.05, 4.69) is 41.5 Å². The topological polar surface area (TPSA) is 192 Å². The summed E-state index contributed by atoms with van der Waals surface area (Å²) in [4.78, 5) is 17.1. The Morgan fingerprint density at radius 3 is 2.44 bits per heavy atom. The van der Waals surface area contributed by atoms with Gasteiger partial charge in [0, 0.05) is 53.4 Å². The van der Waals surface area contributed by atoms with E-state index in [1.165, 1.54) is 25.3 Å². The molecule has 3 saturated carbocycles. The van der Waals surface area contributed by atoms with Crippen LogP contribution in [0.3, 0.4) is 0 Å². The van der Waals surface area contributed by atoms with Crippen LogP contribution in [0.15, 0.2) is 90.3 Å². The number of phenols is 2. The second-order valence-electron chi connectivity index (χ2n) is 20.4. The van der Waals surface area contributed by atoms with Gasteiger partial charge >= 0.3 is 5.97 Å². The van der Waals surface area contributed by atoms with Crippen molar-refractivity contribution >= 4 is 5.97 Å². The summed E-state index contributed by atoms with van der Waals surface area (Å²) in [6.45, 7) is 2.88. The zero-order valence-corrected chi connectivity index (χ0v) is 37.8. The number of aromatic nitrogens is 1. The van der Waals surface area contributed by atoms with Crippen molar-refractivity contribution in [3.05, 3.63) is 107 Å². The fourth-order valence-corrected chi connectivity index (χ4v) is 13.1. The number of allylic oxidation sites excluding steroid dienone is 3. The molecule has 5 aliphatic rings. The Labute approximate surface area is 379 Å². The molecular formula is C54H73N3O7. The fourth-order valence-electron chi connectivity index (χ4n) is 13.1. The Kier molecular flexibility index (Phi) is 14.6. The van der Waals surface area contributed by atoms with Gasteiger partial charge in [0.15, 0.2) is 0 Å². The summed E-state index contributed by atoms with van der Waals surface area (Å²) in [6.07, 6.45) is 21.0. The highest BCUT2D eigenvalue weighted by molar-refractivity contribution is 5.71. The summed E-state index contributed by atoms with van der Waals surface area (Å²) in [6, 6.07) is 17.1. The predicted molar refractivity (Wildman–Crippen MR) is 251 cm³/mol. The molecule has 0 unspecified atom stereocenters. The standard InChI is InChI=1S/C54H73N3O7/c1-2-3-5-10-34-15-16-36(48(59)27-34)13-8-9-14-37-17-19-41(46-21-22-47(57-46)42-30-40(58)31-49(60)43(42)26-33-11-6-4-7-12-33)45-29-39(25-35-23-24-56-50(55)28-35)44-20-18-38(32-54(44,45)64)52(61)51(37)53(62)63/h4,6-7,11-12,15-16,21-23,28,30-31,34,36-39,41,44-45,48,51-52,56-61,64H,2-3,5,8-10,13-14,17-20,24-27,29,32,55H2,1H3,(H,62,63)/t34-,36-,37+,38-,39-,41-,44-,45+,48-,51-,52+,54+/m1/s1. The third-order valence-electron chi connectivity index (χ3n) is 16.4. The van der Waals surface area contributed by atoms with Crippen LogP contribution >= 0.6 is 0 Å². The van der Waals surface area contributed by atoms with Crippen molar-refractivity contribution in [2.24, 2.45) is 53.1 Å². The number of aliphatic hydroxyl groups is 3. The molecule has 0 spiro atoms. The third kappa shape index (κ3) is 10.1. The number of aromatic amines is 1. The number of hydrogen-bond donors (Lipinski definition) is 9. The van der Waals surface area contributed by atoms with Gasteiger partial charge in [-0.3, -0.25) is 4.79 Å². The highest BCUT2D eigenvalue weighted by atomic mass is 16.4. The molecule has 8 rings (SSSR count). The van der Waals surface area contributed by atoms with Crippen LogP contribution in [0.2, 0.25) is 0 Å². The monoisotopic (exact) mass is 876 g/mol. The van der Waals surface area contributed by atoms with Crippen molar-refractivity contribution in [3.8, 4) is 22.8 Å². The maximum Gasteiger partial charge on any atom is 0.309 e. The summed E-state index contributed by atoms with van der Waals surface area (Å²) in [5, 5.41) is 72.6. The predicted octanol–water partition coefficient (Wildman–Crippen LogP) is 9.44. The van der Waals surface area contributed by atoms with E-state index in [-0.39, 0.29) is 59.0 Å². The van der Waals surface area contributed by atoms with E-state index in [9.17, 15) is 35.4 Å². The number of aliphatic carboxylic acids is 1. The minimum Gasteiger partial charge on any atom is -0.508 e. The molecule has 10 nitrogen and oxygen atoms in total. The van der Waals surface area contributed by atoms with E-state index in [1.54, 1.807) is 6.07 Å². The molecule has 2 aromatic carbocycles. The first kappa shape index (κ1) is 46.0. The van der Waals surface area contributed by atoms with Crippen LogP contribution in [0, 0.1) is 47.3 Å². The molecule has 1 aliphatic heterocycles. The van der Waals surface area contributed by atoms with Gasteiger partial charge in [0.2, 0.25) is 0 Å². The molecule has 0 amide bonds. The molecule has 0 saturated heterocycles. The number of rotatable bonds is 16. The maximum absolute atomic E-state index is 13.4. The molecule has 4 aliphatic carbocycles. The fraction of sp³-hybridized carbons (Fsp3) is 0.574. The number of nitrogens with two attached hydrogens (primary N) is 1. The normalized spacial score (nSPS) is 32.7. The van der Waals surface area contributed by atoms with E-state index >= 15 is 0 Å². The van der Waals surface area contributed by atoms with E-state index < -0.39 is 23.6 Å². The highest BCUT2D eigenvalue weighted by Crippen LogP contribution is 2.61. The van der Waals surface area contributed by atoms with Gasteiger partial charge < -0.3 is 46.7 Å². The Bertz CT molecular complexity index is 2150. The number of hydrogen-bond acceptors (Lipinski definition) is 8. The molecule has 2 bridgehead atoms. The lowest BCUT2D eigenvalue weighted by Gasteiger charge is -2.49. The molecule has 346 valence electrons. The number of fused-ring (bicyclic) bond motifs is 1. The smallest absolute Gasteiger partial charge is 0.309 e. The summed E-state index contributed by atoms with van der Waals surface area (Å²) < 4.78 is 0. The first-order valence-corrected chi connectivity index (χ1v) is 24.6. The van der Waals surface area contributed by atoms with Crippen LogP contribution in [-0.2, 0) is 11.2 Å². The summed E-state index contributed by atoms with van der Waals surface area (Å²) in [7, 11) is 0. The molecule has 0 radical (unpaired) electrons.